The maximum atomic E-state index is 6.42. The third-order valence-corrected chi connectivity index (χ3v) is 4.83. The number of rotatable bonds is 2. The minimum atomic E-state index is 0.413. The van der Waals surface area contributed by atoms with E-state index in [2.05, 4.69) is 23.6 Å². The van der Waals surface area contributed by atoms with Gasteiger partial charge in [0.25, 0.3) is 0 Å². The molecule has 18 heavy (non-hydrogen) atoms. The van der Waals surface area contributed by atoms with Gasteiger partial charge >= 0.3 is 0 Å². The SMILES string of the molecule is CC(C)N1CCN(C2CCCCCCC2N)CC1. The summed E-state index contributed by atoms with van der Waals surface area (Å²) >= 11 is 0. The van der Waals surface area contributed by atoms with Crippen LogP contribution in [0.25, 0.3) is 0 Å². The minimum absolute atomic E-state index is 0.413. The van der Waals surface area contributed by atoms with E-state index in [1.165, 1.54) is 64.7 Å². The molecule has 2 unspecified atom stereocenters. The Kier molecular flexibility index (Phi) is 5.46. The molecule has 0 spiro atoms. The Morgan fingerprint density at radius 1 is 0.889 bits per heavy atom. The fourth-order valence-corrected chi connectivity index (χ4v) is 3.53. The Hall–Kier alpha value is -0.120. The van der Waals surface area contributed by atoms with Crippen molar-refractivity contribution in [2.24, 2.45) is 5.73 Å². The molecule has 106 valence electrons. The molecule has 1 saturated carbocycles. The number of piperazine rings is 1. The van der Waals surface area contributed by atoms with Crippen LogP contribution >= 0.6 is 0 Å². The summed E-state index contributed by atoms with van der Waals surface area (Å²) in [6.07, 6.45) is 8.07. The van der Waals surface area contributed by atoms with Gasteiger partial charge in [-0.25, -0.2) is 0 Å². The minimum Gasteiger partial charge on any atom is -0.326 e. The zero-order chi connectivity index (χ0) is 13.0. The fraction of sp³-hybridized carbons (Fsp3) is 1.00. The van der Waals surface area contributed by atoms with E-state index < -0.39 is 0 Å². The van der Waals surface area contributed by atoms with E-state index in [1.54, 1.807) is 0 Å². The van der Waals surface area contributed by atoms with E-state index in [-0.39, 0.29) is 0 Å². The summed E-state index contributed by atoms with van der Waals surface area (Å²) in [5.74, 6) is 0. The average Bonchev–Trinajstić information content (AvgIpc) is 2.35. The summed E-state index contributed by atoms with van der Waals surface area (Å²) in [6.45, 7) is 9.49. The van der Waals surface area contributed by atoms with Crippen molar-refractivity contribution in [1.29, 1.82) is 0 Å². The lowest BCUT2D eigenvalue weighted by atomic mass is 9.91. The summed E-state index contributed by atoms with van der Waals surface area (Å²) in [5.41, 5.74) is 6.42. The first-order chi connectivity index (χ1) is 8.68. The van der Waals surface area contributed by atoms with Crippen LogP contribution in [0.15, 0.2) is 0 Å². The molecule has 1 aliphatic carbocycles. The molecular weight excluding hydrogens is 222 g/mol. The molecule has 2 fully saturated rings. The number of nitrogens with two attached hydrogens (primary N) is 1. The van der Waals surface area contributed by atoms with E-state index in [4.69, 9.17) is 5.73 Å². The molecule has 1 saturated heterocycles. The number of hydrogen-bond donors (Lipinski definition) is 1. The molecule has 0 aromatic rings. The Morgan fingerprint density at radius 2 is 1.50 bits per heavy atom. The third kappa shape index (κ3) is 3.69. The molecule has 0 aromatic carbocycles. The van der Waals surface area contributed by atoms with Crippen molar-refractivity contribution in [3.05, 3.63) is 0 Å². The van der Waals surface area contributed by atoms with E-state index in [0.29, 0.717) is 18.1 Å². The Morgan fingerprint density at radius 3 is 2.11 bits per heavy atom. The van der Waals surface area contributed by atoms with Gasteiger partial charge < -0.3 is 5.73 Å². The van der Waals surface area contributed by atoms with Gasteiger partial charge in [-0.05, 0) is 26.7 Å². The molecule has 0 amide bonds. The standard InChI is InChI=1S/C15H31N3/c1-13(2)17-9-11-18(12-10-17)15-8-6-4-3-5-7-14(15)16/h13-15H,3-12,16H2,1-2H3. The van der Waals surface area contributed by atoms with Gasteiger partial charge in [-0.15, -0.1) is 0 Å². The van der Waals surface area contributed by atoms with Gasteiger partial charge in [0.2, 0.25) is 0 Å². The molecular formula is C15H31N3. The van der Waals surface area contributed by atoms with Crippen LogP contribution in [0.5, 0.6) is 0 Å². The van der Waals surface area contributed by atoms with Gasteiger partial charge in [0.15, 0.2) is 0 Å². The molecule has 2 N–H and O–H groups in total. The fourth-order valence-electron chi connectivity index (χ4n) is 3.53. The highest BCUT2D eigenvalue weighted by molar-refractivity contribution is 4.87. The van der Waals surface area contributed by atoms with Gasteiger partial charge in [-0.2, -0.15) is 0 Å². The topological polar surface area (TPSA) is 32.5 Å². The first-order valence-electron chi connectivity index (χ1n) is 7.92. The Balaban J connectivity index is 1.86. The van der Waals surface area contributed by atoms with Crippen LogP contribution in [0.4, 0.5) is 0 Å². The summed E-state index contributed by atoms with van der Waals surface area (Å²) < 4.78 is 0. The lowest BCUT2D eigenvalue weighted by Crippen LogP contribution is -2.56. The molecule has 0 radical (unpaired) electrons. The molecule has 0 bridgehead atoms. The number of hydrogen-bond acceptors (Lipinski definition) is 3. The van der Waals surface area contributed by atoms with E-state index >= 15 is 0 Å². The smallest absolute Gasteiger partial charge is 0.0248 e. The average molecular weight is 253 g/mol. The predicted molar refractivity (Wildman–Crippen MR) is 77.7 cm³/mol. The first-order valence-corrected chi connectivity index (χ1v) is 7.92. The monoisotopic (exact) mass is 253 g/mol. The summed E-state index contributed by atoms with van der Waals surface area (Å²) in [5, 5.41) is 0. The zero-order valence-electron chi connectivity index (χ0n) is 12.3. The second-order valence-electron chi connectivity index (χ2n) is 6.39. The van der Waals surface area contributed by atoms with Crippen LogP contribution in [-0.2, 0) is 0 Å². The predicted octanol–water partition coefficient (Wildman–Crippen LogP) is 2.06. The molecule has 2 atom stereocenters. The van der Waals surface area contributed by atoms with E-state index in [9.17, 15) is 0 Å². The second kappa shape index (κ2) is 6.88. The first kappa shape index (κ1) is 14.3. The lowest BCUT2D eigenvalue weighted by molar-refractivity contribution is 0.0611. The van der Waals surface area contributed by atoms with Crippen molar-refractivity contribution in [3.63, 3.8) is 0 Å². The highest BCUT2D eigenvalue weighted by Crippen LogP contribution is 2.22. The highest BCUT2D eigenvalue weighted by atomic mass is 15.3. The van der Waals surface area contributed by atoms with Crippen molar-refractivity contribution >= 4 is 0 Å². The third-order valence-electron chi connectivity index (χ3n) is 4.83. The molecule has 3 nitrogen and oxygen atoms in total. The molecule has 1 aliphatic heterocycles. The maximum Gasteiger partial charge on any atom is 0.0248 e. The quantitative estimate of drug-likeness (QED) is 0.817. The molecule has 2 rings (SSSR count). The summed E-state index contributed by atoms with van der Waals surface area (Å²) in [7, 11) is 0. The normalized spacial score (nSPS) is 33.3. The van der Waals surface area contributed by atoms with Gasteiger partial charge in [-0.1, -0.05) is 25.7 Å². The van der Waals surface area contributed by atoms with E-state index in [1.807, 2.05) is 0 Å². The van der Waals surface area contributed by atoms with Crippen LogP contribution in [0, 0.1) is 0 Å². The molecule has 1 heterocycles. The highest BCUT2D eigenvalue weighted by Gasteiger charge is 2.28. The lowest BCUT2D eigenvalue weighted by Gasteiger charge is -2.43. The van der Waals surface area contributed by atoms with Crippen LogP contribution in [0.1, 0.15) is 52.4 Å². The number of nitrogens with zero attached hydrogens (tertiary/aromatic N) is 2. The Bertz CT molecular complexity index is 234. The van der Waals surface area contributed by atoms with Crippen LogP contribution in [0.2, 0.25) is 0 Å². The van der Waals surface area contributed by atoms with Gasteiger partial charge in [-0.3, -0.25) is 9.80 Å². The second-order valence-corrected chi connectivity index (χ2v) is 6.39. The van der Waals surface area contributed by atoms with Crippen LogP contribution < -0.4 is 5.73 Å². The maximum absolute atomic E-state index is 6.42. The zero-order valence-corrected chi connectivity index (χ0v) is 12.3. The molecule has 2 aliphatic rings. The van der Waals surface area contributed by atoms with E-state index in [0.717, 1.165) is 0 Å². The van der Waals surface area contributed by atoms with Crippen molar-refractivity contribution in [2.75, 3.05) is 26.2 Å². The largest absolute Gasteiger partial charge is 0.326 e. The van der Waals surface area contributed by atoms with Crippen molar-refractivity contribution in [2.45, 2.75) is 70.5 Å². The van der Waals surface area contributed by atoms with Gasteiger partial charge in [0.05, 0.1) is 0 Å². The Labute approximate surface area is 113 Å². The summed E-state index contributed by atoms with van der Waals surface area (Å²) in [4.78, 5) is 5.26. The van der Waals surface area contributed by atoms with Crippen molar-refractivity contribution < 1.29 is 0 Å². The molecule has 3 heteroatoms. The molecule has 0 aromatic heterocycles. The van der Waals surface area contributed by atoms with Crippen LogP contribution in [-0.4, -0.2) is 54.1 Å². The summed E-state index contributed by atoms with van der Waals surface area (Å²) in [6, 6.07) is 1.76. The van der Waals surface area contributed by atoms with Crippen LogP contribution in [0.3, 0.4) is 0 Å². The van der Waals surface area contributed by atoms with Crippen molar-refractivity contribution in [1.82, 2.24) is 9.80 Å². The van der Waals surface area contributed by atoms with Crippen molar-refractivity contribution in [3.8, 4) is 0 Å². The van der Waals surface area contributed by atoms with Gasteiger partial charge in [0, 0.05) is 44.3 Å². The van der Waals surface area contributed by atoms with Gasteiger partial charge in [0.1, 0.15) is 0 Å².